The number of benzene rings is 1. The number of hydrogen-bond acceptors (Lipinski definition) is 0. The number of allylic oxidation sites excluding steroid dienone is 2. The molecular formula is C18H22. The Bertz CT molecular complexity index is 509. The lowest BCUT2D eigenvalue weighted by molar-refractivity contribution is 0.229. The van der Waals surface area contributed by atoms with Gasteiger partial charge in [-0.15, -0.1) is 0 Å². The zero-order chi connectivity index (χ0) is 12.1. The molecule has 18 heavy (non-hydrogen) atoms. The van der Waals surface area contributed by atoms with Crippen molar-refractivity contribution in [2.75, 3.05) is 0 Å². The first-order valence-electron chi connectivity index (χ1n) is 7.68. The molecule has 0 bridgehead atoms. The van der Waals surface area contributed by atoms with Gasteiger partial charge in [0.05, 0.1) is 0 Å². The van der Waals surface area contributed by atoms with Crippen molar-refractivity contribution in [1.29, 1.82) is 0 Å². The Hall–Kier alpha value is -1.04. The van der Waals surface area contributed by atoms with Gasteiger partial charge in [0.1, 0.15) is 0 Å². The number of fused-ring (bicyclic) bond motifs is 2. The summed E-state index contributed by atoms with van der Waals surface area (Å²) < 4.78 is 0. The summed E-state index contributed by atoms with van der Waals surface area (Å²) in [5.41, 5.74) is 6.64. The van der Waals surface area contributed by atoms with E-state index in [2.05, 4.69) is 31.2 Å². The maximum atomic E-state index is 2.50. The Morgan fingerprint density at radius 2 is 2.17 bits per heavy atom. The molecule has 1 aromatic carbocycles. The molecule has 0 spiro atoms. The van der Waals surface area contributed by atoms with Gasteiger partial charge in [-0.05, 0) is 65.7 Å². The number of rotatable bonds is 1. The van der Waals surface area contributed by atoms with Crippen LogP contribution in [0.15, 0.2) is 24.3 Å². The van der Waals surface area contributed by atoms with Crippen molar-refractivity contribution in [2.24, 2.45) is 11.8 Å². The van der Waals surface area contributed by atoms with E-state index in [9.17, 15) is 0 Å². The molecule has 1 fully saturated rings. The molecule has 94 valence electrons. The van der Waals surface area contributed by atoms with Crippen LogP contribution in [0.4, 0.5) is 0 Å². The zero-order valence-electron chi connectivity index (χ0n) is 11.3. The summed E-state index contributed by atoms with van der Waals surface area (Å²) in [6.07, 6.45) is 10.8. The van der Waals surface area contributed by atoms with Crippen LogP contribution in [-0.2, 0) is 6.42 Å². The summed E-state index contributed by atoms with van der Waals surface area (Å²) in [5, 5.41) is 0. The monoisotopic (exact) mass is 238 g/mol. The van der Waals surface area contributed by atoms with Gasteiger partial charge in [-0.25, -0.2) is 0 Å². The Labute approximate surface area is 110 Å². The van der Waals surface area contributed by atoms with Gasteiger partial charge in [-0.3, -0.25) is 0 Å². The molecule has 3 aliphatic carbocycles. The van der Waals surface area contributed by atoms with Crippen molar-refractivity contribution >= 4 is 5.57 Å². The molecule has 0 nitrogen and oxygen atoms in total. The van der Waals surface area contributed by atoms with Gasteiger partial charge >= 0.3 is 0 Å². The van der Waals surface area contributed by atoms with Crippen LogP contribution >= 0.6 is 0 Å². The molecule has 0 unspecified atom stereocenters. The summed E-state index contributed by atoms with van der Waals surface area (Å²) in [5.74, 6) is 2.79. The SMILES string of the molecule is CC[C@H]1CC[C@@H]2CC3=CCc4cccc(c43)[C@H]2C1. The number of hydrogen-bond donors (Lipinski definition) is 0. The van der Waals surface area contributed by atoms with Gasteiger partial charge in [0, 0.05) is 0 Å². The van der Waals surface area contributed by atoms with E-state index >= 15 is 0 Å². The predicted octanol–water partition coefficient (Wildman–Crippen LogP) is 4.94. The van der Waals surface area contributed by atoms with Crippen molar-refractivity contribution < 1.29 is 0 Å². The molecular weight excluding hydrogens is 216 g/mol. The lowest BCUT2D eigenvalue weighted by Gasteiger charge is -2.41. The summed E-state index contributed by atoms with van der Waals surface area (Å²) >= 11 is 0. The molecule has 1 aromatic rings. The van der Waals surface area contributed by atoms with Crippen LogP contribution in [0.25, 0.3) is 5.57 Å². The van der Waals surface area contributed by atoms with Crippen LogP contribution < -0.4 is 0 Å². The maximum Gasteiger partial charge on any atom is -0.00853 e. The molecule has 0 saturated heterocycles. The normalized spacial score (nSPS) is 32.7. The second-order valence-electron chi connectivity index (χ2n) is 6.47. The van der Waals surface area contributed by atoms with E-state index < -0.39 is 0 Å². The van der Waals surface area contributed by atoms with Crippen molar-refractivity contribution in [3.63, 3.8) is 0 Å². The van der Waals surface area contributed by atoms with E-state index in [0.717, 1.165) is 17.8 Å². The molecule has 0 amide bonds. The summed E-state index contributed by atoms with van der Waals surface area (Å²) in [6, 6.07) is 7.05. The lowest BCUT2D eigenvalue weighted by Crippen LogP contribution is -2.27. The zero-order valence-corrected chi connectivity index (χ0v) is 11.3. The van der Waals surface area contributed by atoms with Crippen molar-refractivity contribution in [2.45, 2.75) is 51.4 Å². The highest BCUT2D eigenvalue weighted by Gasteiger charge is 2.38. The van der Waals surface area contributed by atoms with Gasteiger partial charge in [-0.1, -0.05) is 44.0 Å². The Balaban J connectivity index is 1.79. The van der Waals surface area contributed by atoms with E-state index in [-0.39, 0.29) is 0 Å². The fourth-order valence-corrected chi connectivity index (χ4v) is 4.61. The lowest BCUT2D eigenvalue weighted by atomic mass is 9.64. The van der Waals surface area contributed by atoms with Gasteiger partial charge in [0.25, 0.3) is 0 Å². The third-order valence-corrected chi connectivity index (χ3v) is 5.63. The van der Waals surface area contributed by atoms with Crippen LogP contribution in [0, 0.1) is 11.8 Å². The molecule has 0 heterocycles. The molecule has 0 radical (unpaired) electrons. The highest BCUT2D eigenvalue weighted by Crippen LogP contribution is 2.53. The largest absolute Gasteiger partial charge is 0.0763 e. The average molecular weight is 238 g/mol. The molecule has 1 saturated carbocycles. The third kappa shape index (κ3) is 1.44. The van der Waals surface area contributed by atoms with Crippen molar-refractivity contribution in [3.8, 4) is 0 Å². The smallest absolute Gasteiger partial charge is 0.00853 e. The van der Waals surface area contributed by atoms with Crippen LogP contribution in [-0.4, -0.2) is 0 Å². The van der Waals surface area contributed by atoms with Crippen LogP contribution in [0.5, 0.6) is 0 Å². The Morgan fingerprint density at radius 3 is 3.06 bits per heavy atom. The quantitative estimate of drug-likeness (QED) is 0.650. The molecule has 0 N–H and O–H groups in total. The Kier molecular flexibility index (Phi) is 2.40. The van der Waals surface area contributed by atoms with Gasteiger partial charge < -0.3 is 0 Å². The topological polar surface area (TPSA) is 0 Å². The summed E-state index contributed by atoms with van der Waals surface area (Å²) in [4.78, 5) is 0. The third-order valence-electron chi connectivity index (χ3n) is 5.63. The summed E-state index contributed by atoms with van der Waals surface area (Å²) in [7, 11) is 0. The van der Waals surface area contributed by atoms with Gasteiger partial charge in [0.15, 0.2) is 0 Å². The maximum absolute atomic E-state index is 2.50. The average Bonchev–Trinajstić information content (AvgIpc) is 2.83. The fourth-order valence-electron chi connectivity index (χ4n) is 4.61. The van der Waals surface area contributed by atoms with E-state index in [4.69, 9.17) is 0 Å². The van der Waals surface area contributed by atoms with Gasteiger partial charge in [0.2, 0.25) is 0 Å². The fraction of sp³-hybridized carbons (Fsp3) is 0.556. The first-order valence-corrected chi connectivity index (χ1v) is 7.68. The van der Waals surface area contributed by atoms with Crippen LogP contribution in [0.3, 0.4) is 0 Å². The molecule has 3 aliphatic rings. The minimum atomic E-state index is 0.869. The molecule has 0 heteroatoms. The van der Waals surface area contributed by atoms with Crippen LogP contribution in [0.1, 0.15) is 61.6 Å². The highest BCUT2D eigenvalue weighted by atomic mass is 14.4. The summed E-state index contributed by atoms with van der Waals surface area (Å²) in [6.45, 7) is 2.37. The van der Waals surface area contributed by atoms with Crippen molar-refractivity contribution in [3.05, 3.63) is 41.0 Å². The second-order valence-corrected chi connectivity index (χ2v) is 6.47. The Morgan fingerprint density at radius 1 is 1.22 bits per heavy atom. The van der Waals surface area contributed by atoms with E-state index in [1.807, 2.05) is 0 Å². The van der Waals surface area contributed by atoms with E-state index in [1.165, 1.54) is 38.5 Å². The molecule has 3 atom stereocenters. The minimum absolute atomic E-state index is 0.869. The van der Waals surface area contributed by atoms with E-state index in [0.29, 0.717) is 0 Å². The molecule has 0 aromatic heterocycles. The first-order chi connectivity index (χ1) is 8.86. The second kappa shape index (κ2) is 3.98. The minimum Gasteiger partial charge on any atom is -0.0763 e. The van der Waals surface area contributed by atoms with Gasteiger partial charge in [-0.2, -0.15) is 0 Å². The van der Waals surface area contributed by atoms with Crippen LogP contribution in [0.2, 0.25) is 0 Å². The van der Waals surface area contributed by atoms with E-state index in [1.54, 1.807) is 22.3 Å². The molecule has 4 rings (SSSR count). The standard InChI is InChI=1S/C18H22/c1-2-12-6-7-14-11-15-9-8-13-4-3-5-16(18(13)15)17(14)10-12/h3-5,9,12,14,17H,2,6-8,10-11H2,1H3/t12-,14+,17-/m0/s1. The first kappa shape index (κ1) is 10.8. The van der Waals surface area contributed by atoms with Crippen molar-refractivity contribution in [1.82, 2.24) is 0 Å². The predicted molar refractivity (Wildman–Crippen MR) is 76.6 cm³/mol. The molecule has 0 aliphatic heterocycles. The highest BCUT2D eigenvalue weighted by molar-refractivity contribution is 5.77.